The van der Waals surface area contributed by atoms with Gasteiger partial charge in [0.15, 0.2) is 0 Å². The van der Waals surface area contributed by atoms with E-state index in [4.69, 9.17) is 15.7 Å². The highest BCUT2D eigenvalue weighted by atomic mass is 31.0. The van der Waals surface area contributed by atoms with Crippen LogP contribution in [0.3, 0.4) is 0 Å². The summed E-state index contributed by atoms with van der Waals surface area (Å²) in [4.78, 5) is 0. The summed E-state index contributed by atoms with van der Waals surface area (Å²) >= 11 is 0. The topological polar surface area (TPSA) is 0 Å². The maximum Gasteiger partial charge on any atom is 0.0918 e. The Morgan fingerprint density at radius 2 is 1.36 bits per heavy atom. The summed E-state index contributed by atoms with van der Waals surface area (Å²) in [5.41, 5.74) is 0.953. The fourth-order valence-electron chi connectivity index (χ4n) is 2.66. The molecule has 0 aliphatic carbocycles. The number of allylic oxidation sites excluding steroid dienone is 1. The number of rotatable bonds is 11. The van der Waals surface area contributed by atoms with Gasteiger partial charge in [-0.15, -0.1) is 14.9 Å². The van der Waals surface area contributed by atoms with E-state index < -0.39 is 0 Å². The van der Waals surface area contributed by atoms with Gasteiger partial charge in [-0.25, -0.2) is 0 Å². The van der Waals surface area contributed by atoms with Crippen LogP contribution >= 0.6 is 8.86 Å². The van der Waals surface area contributed by atoms with Crippen molar-refractivity contribution in [2.45, 2.75) is 86.5 Å². The normalized spacial score (nSPS) is 13.0. The lowest BCUT2D eigenvalue weighted by Gasteiger charge is -2.39. The Labute approximate surface area is 145 Å². The van der Waals surface area contributed by atoms with Crippen LogP contribution in [0.1, 0.15) is 86.5 Å². The fraction of sp³-hybridized carbons (Fsp3) is 0.842. The summed E-state index contributed by atoms with van der Waals surface area (Å²) in [6.45, 7) is 14.1. The molecule has 0 N–H and O–H groups in total. The molecule has 0 saturated carbocycles. The van der Waals surface area contributed by atoms with Crippen molar-refractivity contribution < 1.29 is 0 Å². The van der Waals surface area contributed by atoms with E-state index in [0.29, 0.717) is 16.2 Å². The van der Waals surface area contributed by atoms with Gasteiger partial charge in [0.2, 0.25) is 0 Å². The smallest absolute Gasteiger partial charge is 0.0918 e. The molecule has 4 radical (unpaired) electrons. The Bertz CT molecular complexity index is 364. The molecular formula is C19H35B2P. The van der Waals surface area contributed by atoms with Gasteiger partial charge in [0, 0.05) is 0 Å². The second-order valence-electron chi connectivity index (χ2n) is 8.72. The summed E-state index contributed by atoms with van der Waals surface area (Å²) in [7, 11) is 14.5. The molecule has 122 valence electrons. The van der Waals surface area contributed by atoms with Crippen molar-refractivity contribution in [1.29, 1.82) is 0 Å². The molecule has 0 atom stereocenters. The second-order valence-corrected chi connectivity index (χ2v) is 9.01. The van der Waals surface area contributed by atoms with Gasteiger partial charge < -0.3 is 0 Å². The summed E-state index contributed by atoms with van der Waals surface area (Å²) in [5.74, 6) is 2.16. The predicted octanol–water partition coefficient (Wildman–Crippen LogP) is 5.92. The van der Waals surface area contributed by atoms with E-state index in [1.165, 1.54) is 38.5 Å². The van der Waals surface area contributed by atoms with Crippen molar-refractivity contribution in [3.8, 4) is 0 Å². The summed E-state index contributed by atoms with van der Waals surface area (Å²) in [6, 6.07) is 0. The molecule has 0 bridgehead atoms. The molecular weight excluding hydrogens is 281 g/mol. The van der Waals surface area contributed by atoms with Crippen LogP contribution in [0.15, 0.2) is 11.4 Å². The van der Waals surface area contributed by atoms with Crippen LogP contribution < -0.4 is 0 Å². The van der Waals surface area contributed by atoms with Gasteiger partial charge in [0.1, 0.15) is 0 Å². The van der Waals surface area contributed by atoms with Crippen molar-refractivity contribution in [1.82, 2.24) is 0 Å². The number of hydrogen-bond acceptors (Lipinski definition) is 0. The molecule has 0 saturated heterocycles. The average Bonchev–Trinajstić information content (AvgIpc) is 2.39. The van der Waals surface area contributed by atoms with Gasteiger partial charge in [-0.05, 0) is 48.3 Å². The Kier molecular flexibility index (Phi) is 9.38. The lowest BCUT2D eigenvalue weighted by Crippen LogP contribution is -2.33. The molecule has 0 unspecified atom stereocenters. The zero-order chi connectivity index (χ0) is 17.4. The molecule has 0 aliphatic rings. The van der Waals surface area contributed by atoms with Crippen LogP contribution in [0.2, 0.25) is 0 Å². The van der Waals surface area contributed by atoms with Gasteiger partial charge >= 0.3 is 0 Å². The first-order chi connectivity index (χ1) is 9.93. The van der Waals surface area contributed by atoms with E-state index in [1.807, 2.05) is 6.08 Å². The van der Waals surface area contributed by atoms with Crippen LogP contribution in [0.25, 0.3) is 0 Å². The molecule has 0 heterocycles. The van der Waals surface area contributed by atoms with Crippen molar-refractivity contribution in [2.75, 3.05) is 0 Å². The van der Waals surface area contributed by atoms with Gasteiger partial charge in [0.25, 0.3) is 0 Å². The Balaban J connectivity index is 4.08. The third-order valence-corrected chi connectivity index (χ3v) is 6.17. The molecule has 0 aliphatic heterocycles. The average molecular weight is 316 g/mol. The molecule has 0 aromatic heterocycles. The zero-order valence-electron chi connectivity index (χ0n) is 15.8. The van der Waals surface area contributed by atoms with E-state index >= 15 is 0 Å². The van der Waals surface area contributed by atoms with E-state index in [1.54, 1.807) is 0 Å². The van der Waals surface area contributed by atoms with Crippen LogP contribution in [0.4, 0.5) is 0 Å². The summed E-state index contributed by atoms with van der Waals surface area (Å²) < 4.78 is 0. The number of unbranched alkanes of at least 4 members (excludes halogenated alkanes) is 2. The molecule has 22 heavy (non-hydrogen) atoms. The predicted molar refractivity (Wildman–Crippen MR) is 108 cm³/mol. The molecule has 0 aromatic carbocycles. The second kappa shape index (κ2) is 9.36. The first-order valence-electron chi connectivity index (χ1n) is 8.66. The Hall–Kier alpha value is 0.0399. The van der Waals surface area contributed by atoms with Crippen LogP contribution in [-0.4, -0.2) is 21.5 Å². The number of hydrogen-bond donors (Lipinski definition) is 0. The Morgan fingerprint density at radius 3 is 1.86 bits per heavy atom. The minimum Gasteiger partial charge on any atom is -0.164 e. The molecule has 0 aromatic rings. The molecule has 0 nitrogen and oxygen atoms in total. The van der Waals surface area contributed by atoms with Gasteiger partial charge in [-0.3, -0.25) is 0 Å². The zero-order valence-corrected chi connectivity index (χ0v) is 16.8. The van der Waals surface area contributed by atoms with Gasteiger partial charge in [0.05, 0.1) is 15.7 Å². The van der Waals surface area contributed by atoms with Gasteiger partial charge in [-0.2, -0.15) is 5.37 Å². The SMILES string of the molecule is [B]C([B])=CCCCC(C)(C)CCCCC(C)(C)C(C)(C)C=P. The van der Waals surface area contributed by atoms with Crippen LogP contribution in [-0.2, 0) is 0 Å². The third kappa shape index (κ3) is 8.61. The third-order valence-electron chi connectivity index (χ3n) is 5.45. The molecule has 0 fully saturated rings. The lowest BCUT2D eigenvalue weighted by atomic mass is 9.66. The highest BCUT2D eigenvalue weighted by Crippen LogP contribution is 2.42. The summed E-state index contributed by atoms with van der Waals surface area (Å²) in [5, 5.41) is 0.450. The summed E-state index contributed by atoms with van der Waals surface area (Å²) in [6.07, 6.45) is 10.5. The Morgan fingerprint density at radius 1 is 0.864 bits per heavy atom. The quantitative estimate of drug-likeness (QED) is 0.252. The van der Waals surface area contributed by atoms with E-state index in [9.17, 15) is 0 Å². The highest BCUT2D eigenvalue weighted by molar-refractivity contribution is 7.18. The van der Waals surface area contributed by atoms with E-state index in [0.717, 1.165) is 6.42 Å². The minimum absolute atomic E-state index is 0.216. The fourth-order valence-corrected chi connectivity index (χ4v) is 3.05. The first-order valence-corrected chi connectivity index (χ1v) is 9.24. The first kappa shape index (κ1) is 22.0. The largest absolute Gasteiger partial charge is 0.164 e. The molecule has 0 amide bonds. The molecule has 3 heteroatoms. The van der Waals surface area contributed by atoms with Gasteiger partial charge in [-0.1, -0.05) is 60.2 Å². The van der Waals surface area contributed by atoms with Crippen molar-refractivity contribution >= 4 is 30.4 Å². The van der Waals surface area contributed by atoms with E-state index in [-0.39, 0.29) is 5.41 Å². The molecule has 0 spiro atoms. The standard InChI is InChI=1S/C19H35B2P/c1-17(2,12-8-7-11-16(20)21)13-9-10-14-18(3,4)19(5,6)15-22/h11,15,22H,7-10,12-14H2,1-6H3. The monoisotopic (exact) mass is 316 g/mol. The highest BCUT2D eigenvalue weighted by Gasteiger charge is 2.33. The maximum absolute atomic E-state index is 5.46. The van der Waals surface area contributed by atoms with Crippen LogP contribution in [0, 0.1) is 16.2 Å². The maximum atomic E-state index is 5.46. The molecule has 0 rings (SSSR count). The minimum atomic E-state index is 0.216. The van der Waals surface area contributed by atoms with E-state index in [2.05, 4.69) is 56.2 Å². The van der Waals surface area contributed by atoms with Crippen molar-refractivity contribution in [2.24, 2.45) is 16.2 Å². The van der Waals surface area contributed by atoms with Crippen LogP contribution in [0.5, 0.6) is 0 Å². The lowest BCUT2D eigenvalue weighted by molar-refractivity contribution is 0.168. The van der Waals surface area contributed by atoms with Crippen molar-refractivity contribution in [3.63, 3.8) is 0 Å². The van der Waals surface area contributed by atoms with Crippen molar-refractivity contribution in [3.05, 3.63) is 11.4 Å².